The van der Waals surface area contributed by atoms with Gasteiger partial charge in [0.2, 0.25) is 0 Å². The van der Waals surface area contributed by atoms with Crippen LogP contribution >= 0.6 is 0 Å². The van der Waals surface area contributed by atoms with Gasteiger partial charge in [0.25, 0.3) is 0 Å². The summed E-state index contributed by atoms with van der Waals surface area (Å²) in [5.74, 6) is 1.77. The van der Waals surface area contributed by atoms with E-state index in [1.165, 1.54) is 44.9 Å². The summed E-state index contributed by atoms with van der Waals surface area (Å²) in [6, 6.07) is 1.59. The third-order valence-corrected chi connectivity index (χ3v) is 5.31. The fraction of sp³-hybridized carbons (Fsp3) is 1.00. The standard InChI is InChI=1S/C16H31N/c1-12-6-5-7-13(2)15(12)17-14-8-10-16(3,4)11-9-14/h12-15,17H,5-11H2,1-4H3. The highest BCUT2D eigenvalue weighted by Gasteiger charge is 2.32. The zero-order valence-corrected chi connectivity index (χ0v) is 12.3. The molecule has 0 aromatic rings. The molecule has 1 heteroatoms. The molecule has 2 aliphatic carbocycles. The molecular weight excluding hydrogens is 206 g/mol. The number of rotatable bonds is 2. The van der Waals surface area contributed by atoms with E-state index in [0.717, 1.165) is 23.9 Å². The zero-order valence-electron chi connectivity index (χ0n) is 12.3. The molecule has 0 spiro atoms. The Bertz CT molecular complexity index is 226. The first-order valence-electron chi connectivity index (χ1n) is 7.74. The topological polar surface area (TPSA) is 12.0 Å². The third kappa shape index (κ3) is 3.47. The summed E-state index contributed by atoms with van der Waals surface area (Å²) < 4.78 is 0. The normalized spacial score (nSPS) is 39.2. The largest absolute Gasteiger partial charge is 0.311 e. The van der Waals surface area contributed by atoms with Gasteiger partial charge in [0.05, 0.1) is 0 Å². The summed E-state index contributed by atoms with van der Waals surface area (Å²) in [7, 11) is 0. The molecule has 0 bridgehead atoms. The molecule has 100 valence electrons. The molecule has 1 nitrogen and oxygen atoms in total. The van der Waals surface area contributed by atoms with E-state index in [1.807, 2.05) is 0 Å². The summed E-state index contributed by atoms with van der Waals surface area (Å²) in [6.07, 6.45) is 9.89. The Labute approximate surface area is 108 Å². The monoisotopic (exact) mass is 237 g/mol. The average Bonchev–Trinajstić information content (AvgIpc) is 2.26. The van der Waals surface area contributed by atoms with Crippen LogP contribution < -0.4 is 5.32 Å². The summed E-state index contributed by atoms with van der Waals surface area (Å²) in [5.41, 5.74) is 0.599. The molecule has 2 rings (SSSR count). The van der Waals surface area contributed by atoms with Crippen LogP contribution in [0.2, 0.25) is 0 Å². The van der Waals surface area contributed by atoms with Gasteiger partial charge in [-0.3, -0.25) is 0 Å². The van der Waals surface area contributed by atoms with E-state index >= 15 is 0 Å². The lowest BCUT2D eigenvalue weighted by molar-refractivity contribution is 0.148. The highest BCUT2D eigenvalue weighted by Crippen LogP contribution is 2.36. The second kappa shape index (κ2) is 5.30. The maximum atomic E-state index is 4.00. The Morgan fingerprint density at radius 1 is 0.882 bits per heavy atom. The van der Waals surface area contributed by atoms with Crippen molar-refractivity contribution in [3.8, 4) is 0 Å². The van der Waals surface area contributed by atoms with Crippen LogP contribution in [-0.2, 0) is 0 Å². The second-order valence-electron chi connectivity index (χ2n) is 7.52. The lowest BCUT2D eigenvalue weighted by atomic mass is 9.74. The van der Waals surface area contributed by atoms with E-state index < -0.39 is 0 Å². The molecule has 17 heavy (non-hydrogen) atoms. The number of nitrogens with one attached hydrogen (secondary N) is 1. The molecule has 2 atom stereocenters. The van der Waals surface area contributed by atoms with E-state index in [0.29, 0.717) is 5.41 Å². The third-order valence-electron chi connectivity index (χ3n) is 5.31. The van der Waals surface area contributed by atoms with Gasteiger partial charge < -0.3 is 5.32 Å². The molecule has 0 amide bonds. The van der Waals surface area contributed by atoms with Gasteiger partial charge in [-0.15, -0.1) is 0 Å². The fourth-order valence-electron chi connectivity index (χ4n) is 3.85. The van der Waals surface area contributed by atoms with Crippen LogP contribution in [0.5, 0.6) is 0 Å². The maximum absolute atomic E-state index is 4.00. The van der Waals surface area contributed by atoms with Crippen LogP contribution in [-0.4, -0.2) is 12.1 Å². The van der Waals surface area contributed by atoms with E-state index in [-0.39, 0.29) is 0 Å². The van der Waals surface area contributed by atoms with E-state index in [9.17, 15) is 0 Å². The minimum absolute atomic E-state index is 0.599. The molecule has 2 saturated carbocycles. The van der Waals surface area contributed by atoms with E-state index in [1.54, 1.807) is 0 Å². The first kappa shape index (κ1) is 13.4. The summed E-state index contributed by atoms with van der Waals surface area (Å²) in [5, 5.41) is 4.00. The maximum Gasteiger partial charge on any atom is 0.0121 e. The lowest BCUT2D eigenvalue weighted by Crippen LogP contribution is -2.49. The summed E-state index contributed by atoms with van der Waals surface area (Å²) >= 11 is 0. The van der Waals surface area contributed by atoms with Crippen LogP contribution in [0, 0.1) is 17.3 Å². The van der Waals surface area contributed by atoms with Crippen LogP contribution in [0.15, 0.2) is 0 Å². The predicted molar refractivity (Wildman–Crippen MR) is 75.1 cm³/mol. The molecule has 0 aliphatic heterocycles. The van der Waals surface area contributed by atoms with Crippen LogP contribution in [0.25, 0.3) is 0 Å². The zero-order chi connectivity index (χ0) is 12.5. The van der Waals surface area contributed by atoms with Crippen LogP contribution in [0.1, 0.15) is 72.6 Å². The van der Waals surface area contributed by atoms with Crippen LogP contribution in [0.3, 0.4) is 0 Å². The minimum Gasteiger partial charge on any atom is -0.311 e. The minimum atomic E-state index is 0.599. The van der Waals surface area contributed by atoms with Gasteiger partial charge in [-0.25, -0.2) is 0 Å². The average molecular weight is 237 g/mol. The van der Waals surface area contributed by atoms with Crippen molar-refractivity contribution in [3.05, 3.63) is 0 Å². The van der Waals surface area contributed by atoms with Gasteiger partial charge in [-0.2, -0.15) is 0 Å². The van der Waals surface area contributed by atoms with Gasteiger partial charge >= 0.3 is 0 Å². The van der Waals surface area contributed by atoms with Crippen molar-refractivity contribution in [1.82, 2.24) is 5.32 Å². The van der Waals surface area contributed by atoms with E-state index in [2.05, 4.69) is 33.0 Å². The Kier molecular flexibility index (Phi) is 4.18. The molecule has 0 radical (unpaired) electrons. The first-order valence-corrected chi connectivity index (χ1v) is 7.74. The molecule has 0 heterocycles. The molecule has 0 aromatic heterocycles. The fourth-order valence-corrected chi connectivity index (χ4v) is 3.85. The number of hydrogen-bond acceptors (Lipinski definition) is 1. The Balaban J connectivity index is 1.84. The van der Waals surface area contributed by atoms with E-state index in [4.69, 9.17) is 0 Å². The summed E-state index contributed by atoms with van der Waals surface area (Å²) in [4.78, 5) is 0. The predicted octanol–water partition coefficient (Wildman–Crippen LogP) is 4.37. The van der Waals surface area contributed by atoms with Crippen molar-refractivity contribution in [1.29, 1.82) is 0 Å². The van der Waals surface area contributed by atoms with Crippen molar-refractivity contribution < 1.29 is 0 Å². The van der Waals surface area contributed by atoms with Crippen molar-refractivity contribution in [2.24, 2.45) is 17.3 Å². The number of hydrogen-bond donors (Lipinski definition) is 1. The van der Waals surface area contributed by atoms with Crippen molar-refractivity contribution >= 4 is 0 Å². The molecule has 0 saturated heterocycles. The molecule has 1 N–H and O–H groups in total. The Morgan fingerprint density at radius 3 is 1.94 bits per heavy atom. The molecule has 0 aromatic carbocycles. The molecule has 2 fully saturated rings. The smallest absolute Gasteiger partial charge is 0.0121 e. The second-order valence-corrected chi connectivity index (χ2v) is 7.52. The lowest BCUT2D eigenvalue weighted by Gasteiger charge is -2.41. The Morgan fingerprint density at radius 2 is 1.41 bits per heavy atom. The Hall–Kier alpha value is -0.0400. The SMILES string of the molecule is CC1CCCC(C)C1NC1CCC(C)(C)CC1. The van der Waals surface area contributed by atoms with Gasteiger partial charge in [0.15, 0.2) is 0 Å². The van der Waals surface area contributed by atoms with Gasteiger partial charge in [-0.05, 0) is 55.8 Å². The van der Waals surface area contributed by atoms with Gasteiger partial charge in [0, 0.05) is 12.1 Å². The first-order chi connectivity index (χ1) is 7.98. The highest BCUT2D eigenvalue weighted by atomic mass is 15.0. The quantitative estimate of drug-likeness (QED) is 0.752. The van der Waals surface area contributed by atoms with Crippen LogP contribution in [0.4, 0.5) is 0 Å². The van der Waals surface area contributed by atoms with Crippen molar-refractivity contribution in [2.75, 3.05) is 0 Å². The van der Waals surface area contributed by atoms with Gasteiger partial charge in [0.1, 0.15) is 0 Å². The summed E-state index contributed by atoms with van der Waals surface area (Å²) in [6.45, 7) is 9.74. The van der Waals surface area contributed by atoms with Gasteiger partial charge in [-0.1, -0.05) is 34.1 Å². The van der Waals surface area contributed by atoms with Crippen molar-refractivity contribution in [2.45, 2.75) is 84.7 Å². The van der Waals surface area contributed by atoms with Crippen molar-refractivity contribution in [3.63, 3.8) is 0 Å². The highest BCUT2D eigenvalue weighted by molar-refractivity contribution is 4.89. The molecule has 2 unspecified atom stereocenters. The molecule has 2 aliphatic rings. The molecular formula is C16H31N.